The van der Waals surface area contributed by atoms with Gasteiger partial charge in [0.2, 0.25) is 5.91 Å². The van der Waals surface area contributed by atoms with E-state index in [-0.39, 0.29) is 5.91 Å². The molecular weight excluding hydrogens is 294 g/mol. The molecule has 0 heterocycles. The molecule has 4 nitrogen and oxygen atoms in total. The van der Waals surface area contributed by atoms with Crippen LogP contribution in [0.1, 0.15) is 13.3 Å². The SMILES string of the molecule is CSCCC(C)N(C)CC(=O)Nc1cc(Cl)ccc1N. The van der Waals surface area contributed by atoms with Gasteiger partial charge in [-0.15, -0.1) is 0 Å². The Kier molecular flexibility index (Phi) is 7.19. The van der Waals surface area contributed by atoms with E-state index < -0.39 is 0 Å². The van der Waals surface area contributed by atoms with Gasteiger partial charge in [-0.1, -0.05) is 11.6 Å². The van der Waals surface area contributed by atoms with E-state index >= 15 is 0 Å². The van der Waals surface area contributed by atoms with Crippen LogP contribution in [0.5, 0.6) is 0 Å². The lowest BCUT2D eigenvalue weighted by molar-refractivity contribution is -0.117. The second-order valence-electron chi connectivity index (χ2n) is 4.83. The van der Waals surface area contributed by atoms with Crippen LogP contribution in [0.2, 0.25) is 5.02 Å². The summed E-state index contributed by atoms with van der Waals surface area (Å²) in [5.41, 5.74) is 6.88. The lowest BCUT2D eigenvalue weighted by Gasteiger charge is -2.24. The summed E-state index contributed by atoms with van der Waals surface area (Å²) in [6.45, 7) is 2.46. The third-order valence-electron chi connectivity index (χ3n) is 3.17. The highest BCUT2D eigenvalue weighted by atomic mass is 35.5. The number of nitrogens with zero attached hydrogens (tertiary/aromatic N) is 1. The standard InChI is InChI=1S/C14H22ClN3OS/c1-10(6-7-20-3)18(2)9-14(19)17-13-8-11(15)4-5-12(13)16/h4-5,8,10H,6-7,9,16H2,1-3H3,(H,17,19). The van der Waals surface area contributed by atoms with Crippen molar-refractivity contribution in [1.29, 1.82) is 0 Å². The second kappa shape index (κ2) is 8.39. The smallest absolute Gasteiger partial charge is 0.238 e. The van der Waals surface area contributed by atoms with E-state index in [4.69, 9.17) is 17.3 Å². The number of hydrogen-bond donors (Lipinski definition) is 2. The van der Waals surface area contributed by atoms with Crippen LogP contribution in [0, 0.1) is 0 Å². The summed E-state index contributed by atoms with van der Waals surface area (Å²) in [5.74, 6) is 1.01. The van der Waals surface area contributed by atoms with Crippen molar-refractivity contribution in [2.24, 2.45) is 0 Å². The third kappa shape index (κ3) is 5.61. The molecule has 1 unspecified atom stereocenters. The highest BCUT2D eigenvalue weighted by molar-refractivity contribution is 7.98. The molecule has 1 aromatic rings. The summed E-state index contributed by atoms with van der Waals surface area (Å²) < 4.78 is 0. The van der Waals surface area contributed by atoms with E-state index in [2.05, 4.69) is 18.5 Å². The monoisotopic (exact) mass is 315 g/mol. The van der Waals surface area contributed by atoms with Gasteiger partial charge in [0, 0.05) is 11.1 Å². The van der Waals surface area contributed by atoms with Crippen molar-refractivity contribution >= 4 is 40.6 Å². The first kappa shape index (κ1) is 17.1. The van der Waals surface area contributed by atoms with Crippen LogP contribution in [-0.2, 0) is 4.79 Å². The minimum absolute atomic E-state index is 0.0857. The molecule has 6 heteroatoms. The Morgan fingerprint density at radius 3 is 2.90 bits per heavy atom. The molecule has 0 aromatic heterocycles. The Labute approximate surface area is 130 Å². The fourth-order valence-corrected chi connectivity index (χ4v) is 2.47. The van der Waals surface area contributed by atoms with Gasteiger partial charge in [0.15, 0.2) is 0 Å². The number of thioether (sulfide) groups is 1. The number of nitrogens with one attached hydrogen (secondary N) is 1. The normalized spacial score (nSPS) is 12.4. The molecule has 0 saturated carbocycles. The van der Waals surface area contributed by atoms with Crippen molar-refractivity contribution in [3.05, 3.63) is 23.2 Å². The molecule has 0 aliphatic rings. The predicted molar refractivity (Wildman–Crippen MR) is 89.6 cm³/mol. The van der Waals surface area contributed by atoms with Gasteiger partial charge < -0.3 is 11.1 Å². The number of carbonyl (C=O) groups excluding carboxylic acids is 1. The maximum Gasteiger partial charge on any atom is 0.238 e. The zero-order chi connectivity index (χ0) is 15.1. The number of benzene rings is 1. The summed E-state index contributed by atoms with van der Waals surface area (Å²) in [4.78, 5) is 14.0. The van der Waals surface area contributed by atoms with E-state index in [1.807, 2.05) is 23.7 Å². The average Bonchev–Trinajstić information content (AvgIpc) is 2.40. The highest BCUT2D eigenvalue weighted by Gasteiger charge is 2.13. The first-order valence-corrected chi connectivity index (χ1v) is 8.25. The Bertz CT molecular complexity index is 456. The first-order chi connectivity index (χ1) is 9.43. The van der Waals surface area contributed by atoms with E-state index in [0.717, 1.165) is 12.2 Å². The summed E-state index contributed by atoms with van der Waals surface area (Å²) in [7, 11) is 1.95. The fourth-order valence-electron chi connectivity index (χ4n) is 1.72. The molecule has 0 bridgehead atoms. The van der Waals surface area contributed by atoms with Crippen LogP contribution in [0.3, 0.4) is 0 Å². The molecule has 0 radical (unpaired) electrons. The average molecular weight is 316 g/mol. The summed E-state index contributed by atoms with van der Waals surface area (Å²) >= 11 is 7.71. The van der Waals surface area contributed by atoms with Gasteiger partial charge in [-0.2, -0.15) is 11.8 Å². The topological polar surface area (TPSA) is 58.4 Å². The number of rotatable bonds is 7. The van der Waals surface area contributed by atoms with E-state index in [1.54, 1.807) is 18.2 Å². The largest absolute Gasteiger partial charge is 0.397 e. The van der Waals surface area contributed by atoms with E-state index in [9.17, 15) is 4.79 Å². The molecule has 1 atom stereocenters. The number of nitrogens with two attached hydrogens (primary N) is 1. The minimum atomic E-state index is -0.0857. The van der Waals surface area contributed by atoms with Crippen molar-refractivity contribution in [2.75, 3.05) is 36.7 Å². The molecule has 0 saturated heterocycles. The Hall–Kier alpha value is -0.910. The minimum Gasteiger partial charge on any atom is -0.397 e. The van der Waals surface area contributed by atoms with E-state index in [0.29, 0.717) is 29.0 Å². The molecule has 1 amide bonds. The van der Waals surface area contributed by atoms with Gasteiger partial charge in [-0.3, -0.25) is 9.69 Å². The molecule has 20 heavy (non-hydrogen) atoms. The van der Waals surface area contributed by atoms with Crippen LogP contribution in [0.25, 0.3) is 0 Å². The molecule has 1 aromatic carbocycles. The maximum absolute atomic E-state index is 12.0. The number of carbonyl (C=O) groups is 1. The Balaban J connectivity index is 2.52. The number of nitrogen functional groups attached to an aromatic ring is 1. The Morgan fingerprint density at radius 2 is 2.25 bits per heavy atom. The number of halogens is 1. The molecular formula is C14H22ClN3OS. The predicted octanol–water partition coefficient (Wildman–Crippen LogP) is 2.93. The molecule has 0 aliphatic carbocycles. The molecule has 1 rings (SSSR count). The van der Waals surface area contributed by atoms with Crippen LogP contribution < -0.4 is 11.1 Å². The van der Waals surface area contributed by atoms with Crippen LogP contribution >= 0.6 is 23.4 Å². The number of amides is 1. The van der Waals surface area contributed by atoms with E-state index in [1.165, 1.54) is 0 Å². The number of hydrogen-bond acceptors (Lipinski definition) is 4. The van der Waals surface area contributed by atoms with Gasteiger partial charge in [0.1, 0.15) is 0 Å². The highest BCUT2D eigenvalue weighted by Crippen LogP contribution is 2.22. The second-order valence-corrected chi connectivity index (χ2v) is 6.25. The summed E-state index contributed by atoms with van der Waals surface area (Å²) in [6.07, 6.45) is 3.14. The van der Waals surface area contributed by atoms with Crippen molar-refractivity contribution in [3.63, 3.8) is 0 Å². The molecule has 0 spiro atoms. The zero-order valence-corrected chi connectivity index (χ0v) is 13.7. The molecule has 112 valence electrons. The van der Waals surface area contributed by atoms with Gasteiger partial charge in [-0.25, -0.2) is 0 Å². The lowest BCUT2D eigenvalue weighted by atomic mass is 10.2. The van der Waals surface area contributed by atoms with Crippen molar-refractivity contribution in [2.45, 2.75) is 19.4 Å². The molecule has 0 aliphatic heterocycles. The number of anilines is 2. The Morgan fingerprint density at radius 1 is 1.55 bits per heavy atom. The third-order valence-corrected chi connectivity index (χ3v) is 4.05. The van der Waals surface area contributed by atoms with Crippen LogP contribution in [-0.4, -0.2) is 42.4 Å². The van der Waals surface area contributed by atoms with Crippen LogP contribution in [0.15, 0.2) is 18.2 Å². The van der Waals surface area contributed by atoms with Gasteiger partial charge in [0.25, 0.3) is 0 Å². The van der Waals surface area contributed by atoms with Gasteiger partial charge in [0.05, 0.1) is 17.9 Å². The maximum atomic E-state index is 12.0. The van der Waals surface area contributed by atoms with Gasteiger partial charge >= 0.3 is 0 Å². The summed E-state index contributed by atoms with van der Waals surface area (Å²) in [5, 5.41) is 3.35. The molecule has 3 N–H and O–H groups in total. The number of likely N-dealkylation sites (N-methyl/N-ethyl adjacent to an activating group) is 1. The molecule has 0 fully saturated rings. The first-order valence-electron chi connectivity index (χ1n) is 6.48. The van der Waals surface area contributed by atoms with Crippen LogP contribution in [0.4, 0.5) is 11.4 Å². The van der Waals surface area contributed by atoms with Gasteiger partial charge in [-0.05, 0) is 50.6 Å². The van der Waals surface area contributed by atoms with Crippen molar-refractivity contribution in [3.8, 4) is 0 Å². The lowest BCUT2D eigenvalue weighted by Crippen LogP contribution is -2.36. The summed E-state index contributed by atoms with van der Waals surface area (Å²) in [6, 6.07) is 5.41. The van der Waals surface area contributed by atoms with Crippen molar-refractivity contribution < 1.29 is 4.79 Å². The van der Waals surface area contributed by atoms with Crippen molar-refractivity contribution in [1.82, 2.24) is 4.90 Å². The zero-order valence-electron chi connectivity index (χ0n) is 12.1. The quantitative estimate of drug-likeness (QED) is 0.760. The fraction of sp³-hybridized carbons (Fsp3) is 0.500.